The molecule has 0 aliphatic carbocycles. The molecule has 7 heteroatoms. The molecule has 0 aromatic carbocycles. The minimum absolute atomic E-state index is 0.0717. The van der Waals surface area contributed by atoms with E-state index >= 15 is 0 Å². The van der Waals surface area contributed by atoms with Gasteiger partial charge in [0.15, 0.2) is 0 Å². The molecule has 17 heavy (non-hydrogen) atoms. The van der Waals surface area contributed by atoms with Crippen LogP contribution in [0.4, 0.5) is 0 Å². The third-order valence-electron chi connectivity index (χ3n) is 2.07. The second-order valence-electron chi connectivity index (χ2n) is 3.46. The highest BCUT2D eigenvalue weighted by molar-refractivity contribution is 8.13. The fraction of sp³-hybridized carbons (Fsp3) is 0.500. The van der Waals surface area contributed by atoms with E-state index < -0.39 is 15.0 Å². The number of aryl methyl sites for hydroxylation is 1. The summed E-state index contributed by atoms with van der Waals surface area (Å²) in [7, 11) is 1.27. The summed E-state index contributed by atoms with van der Waals surface area (Å²) in [6, 6.07) is 1.08. The van der Waals surface area contributed by atoms with Crippen LogP contribution in [-0.2, 0) is 13.8 Å². The van der Waals surface area contributed by atoms with Crippen LogP contribution in [0.25, 0.3) is 0 Å². The molecule has 96 valence electrons. The van der Waals surface area contributed by atoms with Crippen LogP contribution < -0.4 is 0 Å². The van der Waals surface area contributed by atoms with Gasteiger partial charge in [-0.2, -0.15) is 0 Å². The van der Waals surface area contributed by atoms with Gasteiger partial charge in [0.2, 0.25) is 5.76 Å². The van der Waals surface area contributed by atoms with E-state index in [0.717, 1.165) is 18.9 Å². The monoisotopic (exact) mass is 280 g/mol. The van der Waals surface area contributed by atoms with E-state index in [1.165, 1.54) is 6.92 Å². The summed E-state index contributed by atoms with van der Waals surface area (Å²) in [5, 5.41) is 0. The minimum atomic E-state index is -3.90. The van der Waals surface area contributed by atoms with Crippen LogP contribution in [0.1, 0.15) is 36.1 Å². The molecule has 0 aliphatic rings. The van der Waals surface area contributed by atoms with Crippen molar-refractivity contribution in [2.45, 2.75) is 31.6 Å². The van der Waals surface area contributed by atoms with Crippen molar-refractivity contribution in [1.29, 1.82) is 0 Å². The second kappa shape index (κ2) is 5.55. The average molecular weight is 281 g/mol. The SMILES string of the molecule is CCCCOC(=O)c1cc(S(=O)(=O)Cl)c(C)o1. The first-order valence-corrected chi connectivity index (χ1v) is 7.39. The van der Waals surface area contributed by atoms with E-state index in [-0.39, 0.29) is 23.0 Å². The Morgan fingerprint density at radius 3 is 2.65 bits per heavy atom. The lowest BCUT2D eigenvalue weighted by Crippen LogP contribution is -2.05. The van der Waals surface area contributed by atoms with Gasteiger partial charge >= 0.3 is 5.97 Å². The number of rotatable bonds is 5. The number of halogens is 1. The molecular formula is C10H13ClO5S. The number of hydrogen-bond acceptors (Lipinski definition) is 5. The summed E-state index contributed by atoms with van der Waals surface area (Å²) >= 11 is 0. The number of unbranched alkanes of at least 4 members (excludes halogenated alkanes) is 1. The lowest BCUT2D eigenvalue weighted by molar-refractivity contribution is 0.0462. The largest absolute Gasteiger partial charge is 0.460 e. The Hall–Kier alpha value is -1.01. The lowest BCUT2D eigenvalue weighted by Gasteiger charge is -1.99. The molecule has 0 fully saturated rings. The maximum atomic E-state index is 11.5. The van der Waals surface area contributed by atoms with Crippen LogP contribution in [0.3, 0.4) is 0 Å². The zero-order valence-electron chi connectivity index (χ0n) is 9.53. The third-order valence-corrected chi connectivity index (χ3v) is 3.50. The molecule has 0 atom stereocenters. The number of hydrogen-bond donors (Lipinski definition) is 0. The minimum Gasteiger partial charge on any atom is -0.460 e. The van der Waals surface area contributed by atoms with Crippen LogP contribution in [0.2, 0.25) is 0 Å². The third kappa shape index (κ3) is 3.74. The number of esters is 1. The molecule has 0 saturated carbocycles. The van der Waals surface area contributed by atoms with Gasteiger partial charge in [-0.1, -0.05) is 13.3 Å². The van der Waals surface area contributed by atoms with Crippen LogP contribution in [0.5, 0.6) is 0 Å². The highest BCUT2D eigenvalue weighted by Gasteiger charge is 2.22. The second-order valence-corrected chi connectivity index (χ2v) is 5.99. The van der Waals surface area contributed by atoms with Gasteiger partial charge in [-0.25, -0.2) is 13.2 Å². The highest BCUT2D eigenvalue weighted by Crippen LogP contribution is 2.23. The lowest BCUT2D eigenvalue weighted by atomic mass is 10.4. The average Bonchev–Trinajstić information content (AvgIpc) is 2.60. The maximum absolute atomic E-state index is 11.5. The first-order valence-electron chi connectivity index (χ1n) is 5.08. The molecule has 0 radical (unpaired) electrons. The van der Waals surface area contributed by atoms with Crippen molar-refractivity contribution < 1.29 is 22.4 Å². The Balaban J connectivity index is 2.83. The van der Waals surface area contributed by atoms with Gasteiger partial charge in [0, 0.05) is 16.7 Å². The van der Waals surface area contributed by atoms with Crippen molar-refractivity contribution in [3.63, 3.8) is 0 Å². The van der Waals surface area contributed by atoms with Crippen molar-refractivity contribution in [2.75, 3.05) is 6.61 Å². The van der Waals surface area contributed by atoms with Crippen LogP contribution in [0, 0.1) is 6.92 Å². The van der Waals surface area contributed by atoms with Gasteiger partial charge in [-0.3, -0.25) is 0 Å². The molecule has 0 spiro atoms. The summed E-state index contributed by atoms with van der Waals surface area (Å²) in [6.07, 6.45) is 1.64. The first kappa shape index (κ1) is 14.1. The Labute approximate surface area is 104 Å². The van der Waals surface area contributed by atoms with E-state index in [4.69, 9.17) is 19.8 Å². The van der Waals surface area contributed by atoms with Crippen molar-refractivity contribution >= 4 is 25.7 Å². The van der Waals surface area contributed by atoms with Gasteiger partial charge in [-0.15, -0.1) is 0 Å². The predicted octanol–water partition coefficient (Wildman–Crippen LogP) is 2.47. The van der Waals surface area contributed by atoms with Gasteiger partial charge in [0.25, 0.3) is 9.05 Å². The molecule has 1 rings (SSSR count). The predicted molar refractivity (Wildman–Crippen MR) is 61.7 cm³/mol. The van der Waals surface area contributed by atoms with Crippen molar-refractivity contribution in [3.8, 4) is 0 Å². The molecule has 1 aromatic heterocycles. The fourth-order valence-electron chi connectivity index (χ4n) is 1.19. The van der Waals surface area contributed by atoms with Gasteiger partial charge < -0.3 is 9.15 Å². The molecule has 0 amide bonds. The van der Waals surface area contributed by atoms with Crippen LogP contribution in [-0.4, -0.2) is 21.0 Å². The molecular weight excluding hydrogens is 268 g/mol. The Bertz CT molecular complexity index is 503. The van der Waals surface area contributed by atoms with Gasteiger partial charge in [-0.05, 0) is 13.3 Å². The number of carbonyl (C=O) groups excluding carboxylic acids is 1. The number of carbonyl (C=O) groups is 1. The normalized spacial score (nSPS) is 11.5. The maximum Gasteiger partial charge on any atom is 0.374 e. The molecule has 0 bridgehead atoms. The Morgan fingerprint density at radius 1 is 1.53 bits per heavy atom. The topological polar surface area (TPSA) is 73.6 Å². The van der Waals surface area contributed by atoms with E-state index in [1.54, 1.807) is 0 Å². The van der Waals surface area contributed by atoms with E-state index in [0.29, 0.717) is 0 Å². The molecule has 1 heterocycles. The van der Waals surface area contributed by atoms with E-state index in [1.807, 2.05) is 6.92 Å². The Morgan fingerprint density at radius 2 is 2.18 bits per heavy atom. The molecule has 0 N–H and O–H groups in total. The summed E-state index contributed by atoms with van der Waals surface area (Å²) in [5.41, 5.74) is 0. The van der Waals surface area contributed by atoms with Crippen molar-refractivity contribution in [2.24, 2.45) is 0 Å². The number of furan rings is 1. The first-order chi connectivity index (χ1) is 7.86. The van der Waals surface area contributed by atoms with Crippen molar-refractivity contribution in [3.05, 3.63) is 17.6 Å². The summed E-state index contributed by atoms with van der Waals surface area (Å²) in [6.45, 7) is 3.65. The zero-order chi connectivity index (χ0) is 13.1. The van der Waals surface area contributed by atoms with Crippen LogP contribution >= 0.6 is 10.7 Å². The molecule has 0 aliphatic heterocycles. The molecule has 0 unspecified atom stereocenters. The standard InChI is InChI=1S/C10H13ClO5S/c1-3-4-5-15-10(12)8-6-9(7(2)16-8)17(11,13)14/h6H,3-5H2,1-2H3. The summed E-state index contributed by atoms with van der Waals surface area (Å²) in [5.74, 6) is -0.770. The smallest absolute Gasteiger partial charge is 0.374 e. The number of ether oxygens (including phenoxy) is 1. The quantitative estimate of drug-likeness (QED) is 0.470. The Kier molecular flexibility index (Phi) is 4.59. The molecule has 0 saturated heterocycles. The van der Waals surface area contributed by atoms with E-state index in [2.05, 4.69) is 0 Å². The fourth-order valence-corrected chi connectivity index (χ4v) is 2.28. The molecule has 5 nitrogen and oxygen atoms in total. The van der Waals surface area contributed by atoms with Crippen LogP contribution in [0.15, 0.2) is 15.4 Å². The zero-order valence-corrected chi connectivity index (χ0v) is 11.1. The highest BCUT2D eigenvalue weighted by atomic mass is 35.7. The summed E-state index contributed by atoms with van der Waals surface area (Å²) < 4.78 is 32.1. The van der Waals surface area contributed by atoms with Gasteiger partial charge in [0.05, 0.1) is 6.61 Å². The van der Waals surface area contributed by atoms with Crippen molar-refractivity contribution in [1.82, 2.24) is 0 Å². The summed E-state index contributed by atoms with van der Waals surface area (Å²) in [4.78, 5) is 11.3. The van der Waals surface area contributed by atoms with Gasteiger partial charge in [0.1, 0.15) is 10.7 Å². The van der Waals surface area contributed by atoms with E-state index in [9.17, 15) is 13.2 Å². The molecule has 1 aromatic rings.